The minimum Gasteiger partial charge on any atom is -0.480 e. The van der Waals surface area contributed by atoms with Gasteiger partial charge in [0.2, 0.25) is 0 Å². The lowest BCUT2D eigenvalue weighted by molar-refractivity contribution is -0.395. The summed E-state index contributed by atoms with van der Waals surface area (Å²) in [6.45, 7) is -5.25. The number of carboxylic acids is 2. The molecule has 21 saturated heterocycles. The Kier molecular flexibility index (Phi) is 26.2. The molecule has 14 bridgehead atoms. The van der Waals surface area contributed by atoms with E-state index in [2.05, 4.69) is 0 Å². The number of hydrogen-bond acceptors (Lipinski definition) is 38. The van der Waals surface area contributed by atoms with Crippen LogP contribution in [0.25, 0.3) is 0 Å². The molecule has 21 heterocycles. The van der Waals surface area contributed by atoms with Crippen LogP contribution in [0.5, 0.6) is 0 Å². The van der Waals surface area contributed by atoms with Crippen LogP contribution in [0.15, 0.2) is 0 Å². The molecule has 0 aromatic carbocycles. The maximum absolute atomic E-state index is 11.8. The molecule has 0 aromatic heterocycles. The molecular formula is C49H82N2O36S2. The molecule has 37 atom stereocenters. The number of nitrogens with two attached hydrogens (primary N) is 2. The Morgan fingerprint density at radius 2 is 0.562 bits per heavy atom. The van der Waals surface area contributed by atoms with Crippen molar-refractivity contribution in [2.24, 2.45) is 17.4 Å². The first-order valence-electron chi connectivity index (χ1n) is 28.4. The second-order valence-corrected chi connectivity index (χ2v) is 24.9. The Hall–Kier alpha value is -1.72. The Bertz CT molecular complexity index is 2200. The van der Waals surface area contributed by atoms with E-state index in [1.165, 1.54) is 0 Å². The van der Waals surface area contributed by atoms with Crippen molar-refractivity contribution in [1.82, 2.24) is 0 Å². The van der Waals surface area contributed by atoms with Crippen LogP contribution in [0.2, 0.25) is 0 Å². The summed E-state index contributed by atoms with van der Waals surface area (Å²) in [7, 11) is 0. The number of rotatable bonds is 15. The highest BCUT2D eigenvalue weighted by molar-refractivity contribution is 7.99. The summed E-state index contributed by atoms with van der Waals surface area (Å²) >= 11 is 1.66. The lowest BCUT2D eigenvalue weighted by Crippen LogP contribution is -2.68. The van der Waals surface area contributed by atoms with E-state index in [9.17, 15) is 117 Å². The van der Waals surface area contributed by atoms with Gasteiger partial charge in [0.25, 0.3) is 0 Å². The van der Waals surface area contributed by atoms with E-state index in [-0.39, 0.29) is 23.0 Å². The molecule has 0 amide bonds. The fourth-order valence-corrected chi connectivity index (χ4v) is 13.8. The summed E-state index contributed by atoms with van der Waals surface area (Å²) in [4.78, 5) is 23.2. The predicted octanol–water partition coefficient (Wildman–Crippen LogP) is -14.3. The SMILES string of the molecule is N[C@H](CSCC1O[C@@H]2O[C@@H]3C(CO)O[C@H](O[C@@H]4C(CO)O[C@H](O[C@@H]5C(CO)O[C@H](O[C@@H]6C(CSC[C@@H](N)C(=O)O)O[C@H](C[C@@H]7C(CO)O[C@H](O[C@@H]8C(CO)O[C@H](O[C@H]1[C@H](O)C2O)C(O)[C@H]8O)C(O)[C@H]7O)C(O)[C@H]6O)C(O)[C@H]5O)C(O)[C@H]4O)C(O)[C@H]3O)C(=O)O. The summed E-state index contributed by atoms with van der Waals surface area (Å²) in [6.07, 6.45) is -67.9. The van der Waals surface area contributed by atoms with Gasteiger partial charge in [-0.3, -0.25) is 9.59 Å². The number of hydrogen-bond donors (Lipinski definition) is 23. The van der Waals surface area contributed by atoms with E-state index in [1.54, 1.807) is 0 Å². The van der Waals surface area contributed by atoms with E-state index in [0.29, 0.717) is 0 Å². The third kappa shape index (κ3) is 15.9. The minimum atomic E-state index is -2.25. The highest BCUT2D eigenvalue weighted by Crippen LogP contribution is 2.41. The van der Waals surface area contributed by atoms with Crippen LogP contribution in [-0.2, 0) is 71.2 Å². The summed E-state index contributed by atoms with van der Waals surface area (Å²) in [5.41, 5.74) is 11.4. The van der Waals surface area contributed by atoms with Gasteiger partial charge in [0, 0.05) is 28.9 Å². The maximum Gasteiger partial charge on any atom is 0.321 e. The average Bonchev–Trinajstić information content (AvgIpc) is 0.884. The van der Waals surface area contributed by atoms with E-state index < -0.39 is 278 Å². The number of aliphatic carboxylic acids is 2. The van der Waals surface area contributed by atoms with Gasteiger partial charge in [-0.2, -0.15) is 23.5 Å². The highest BCUT2D eigenvalue weighted by Gasteiger charge is 2.59. The molecule has 21 fully saturated rings. The van der Waals surface area contributed by atoms with Crippen LogP contribution in [0.4, 0.5) is 0 Å². The molecule has 21 rings (SSSR count). The van der Waals surface area contributed by atoms with Gasteiger partial charge < -0.3 is 180 Å². The first-order valence-corrected chi connectivity index (χ1v) is 30.7. The number of thioether (sulfide) groups is 2. The Labute approximate surface area is 513 Å². The van der Waals surface area contributed by atoms with Crippen LogP contribution in [0, 0.1) is 5.92 Å². The topological polar surface area (TPSA) is 631 Å². The van der Waals surface area contributed by atoms with Crippen molar-refractivity contribution in [2.45, 2.75) is 227 Å². The molecule has 0 radical (unpaired) electrons. The average molecular weight is 1340 g/mol. The van der Waals surface area contributed by atoms with Gasteiger partial charge in [0.1, 0.15) is 152 Å². The molecule has 40 heteroatoms. The molecule has 21 aliphatic heterocycles. The van der Waals surface area contributed by atoms with E-state index in [1.807, 2.05) is 0 Å². The fourth-order valence-electron chi connectivity index (χ4n) is 11.7. The van der Waals surface area contributed by atoms with Gasteiger partial charge >= 0.3 is 11.9 Å². The van der Waals surface area contributed by atoms with E-state index >= 15 is 0 Å². The quantitative estimate of drug-likeness (QED) is 0.0724. The molecule has 38 nitrogen and oxygen atoms in total. The van der Waals surface area contributed by atoms with Crippen molar-refractivity contribution in [2.75, 3.05) is 56.0 Å². The van der Waals surface area contributed by atoms with Crippen molar-refractivity contribution in [3.05, 3.63) is 0 Å². The summed E-state index contributed by atoms with van der Waals surface area (Å²) in [6, 6.07) is -2.90. The molecule has 21 aliphatic rings. The second-order valence-electron chi connectivity index (χ2n) is 22.7. The molecule has 516 valence electrons. The number of aliphatic hydroxyl groups is 19. The van der Waals surface area contributed by atoms with Gasteiger partial charge in [-0.15, -0.1) is 0 Å². The number of ether oxygens (including phenoxy) is 13. The second kappa shape index (κ2) is 31.9. The largest absolute Gasteiger partial charge is 0.480 e. The number of aliphatic hydroxyl groups excluding tert-OH is 19. The monoisotopic (exact) mass is 1340 g/mol. The molecule has 14 unspecified atom stereocenters. The molecule has 89 heavy (non-hydrogen) atoms. The molecular weight excluding hydrogens is 1260 g/mol. The normalized spacial score (nSPS) is 50.1. The van der Waals surface area contributed by atoms with Crippen LogP contribution in [-0.4, -0.2) is 396 Å². The van der Waals surface area contributed by atoms with Crippen molar-refractivity contribution in [3.63, 3.8) is 0 Å². The van der Waals surface area contributed by atoms with Gasteiger partial charge in [0.15, 0.2) is 37.7 Å². The summed E-state index contributed by atoms with van der Waals surface area (Å²) in [5.74, 6) is -5.53. The number of carbonyl (C=O) groups is 2. The van der Waals surface area contributed by atoms with Gasteiger partial charge in [-0.1, -0.05) is 0 Å². The molecule has 0 aliphatic carbocycles. The Balaban J connectivity index is 1.11. The lowest BCUT2D eigenvalue weighted by atomic mass is 9.81. The number of carboxylic acid groups (broad SMARTS) is 2. The van der Waals surface area contributed by atoms with Gasteiger partial charge in [-0.05, 0) is 6.42 Å². The van der Waals surface area contributed by atoms with Crippen LogP contribution >= 0.6 is 23.5 Å². The molecule has 25 N–H and O–H groups in total. The van der Waals surface area contributed by atoms with Crippen molar-refractivity contribution >= 4 is 35.5 Å². The van der Waals surface area contributed by atoms with Crippen molar-refractivity contribution < 1.29 is 178 Å². The lowest BCUT2D eigenvalue weighted by Gasteiger charge is -2.50. The minimum absolute atomic E-state index is 0.278. The zero-order chi connectivity index (χ0) is 65.2. The van der Waals surface area contributed by atoms with Crippen LogP contribution in [0.3, 0.4) is 0 Å². The van der Waals surface area contributed by atoms with Gasteiger partial charge in [-0.25, -0.2) is 0 Å². The fraction of sp³-hybridized carbons (Fsp3) is 0.959. The van der Waals surface area contributed by atoms with Crippen LogP contribution < -0.4 is 11.5 Å². The van der Waals surface area contributed by atoms with E-state index in [4.69, 9.17) is 73.0 Å². The zero-order valence-corrected chi connectivity index (χ0v) is 48.6. The summed E-state index contributed by atoms with van der Waals surface area (Å²) in [5, 5.41) is 234. The predicted molar refractivity (Wildman–Crippen MR) is 283 cm³/mol. The molecule has 0 spiro atoms. The maximum atomic E-state index is 11.8. The Morgan fingerprint density at radius 1 is 0.326 bits per heavy atom. The molecule has 0 aromatic rings. The molecule has 0 saturated carbocycles. The summed E-state index contributed by atoms with van der Waals surface area (Å²) < 4.78 is 76.4. The standard InChI is InChI=1S/C49H82N2O36S2/c50-12(42(71)72)7-88-9-20-40-24(59)23(58)14(75-20)1-11-15(2-52)76-44(30(65)22(11)57)82-36-16(3-53)80-48(34(69)27(36)62)87-41-21(10-89-8-13(51)43(73)74)81-49(35(70)29(41)64)85-39-19(6-56)78-46(32(67)26(39)61)83-37-17(4-54)77-45(31(66)25(37)60)84-38-18(5-55)79-47(86-40)33(68)28(38)63/h11-41,44-49,52-70H,1-10,50-51H2,(H,71,72)(H,73,74)/t11-,12-,13-,14-,15?,16?,17?,18?,19?,20?,21?,22+,23?,24-,25-,26-,27-,28-,29-,30?,31?,32?,33?,34?,35?,36-,37-,38-,39-,40-,41-,44-,45-,46-,47-,48-,49-/m1/s1. The smallest absolute Gasteiger partial charge is 0.321 e. The third-order valence-electron chi connectivity index (χ3n) is 16.8. The zero-order valence-electron chi connectivity index (χ0n) is 46.9. The van der Waals surface area contributed by atoms with Crippen molar-refractivity contribution in [3.8, 4) is 0 Å². The van der Waals surface area contributed by atoms with Crippen molar-refractivity contribution in [1.29, 1.82) is 0 Å². The highest BCUT2D eigenvalue weighted by atomic mass is 32.2. The Morgan fingerprint density at radius 3 is 0.843 bits per heavy atom. The third-order valence-corrected chi connectivity index (χ3v) is 19.1. The van der Waals surface area contributed by atoms with Crippen LogP contribution in [0.1, 0.15) is 6.42 Å². The first kappa shape index (κ1) is 73.1. The first-order chi connectivity index (χ1) is 42.2. The van der Waals surface area contributed by atoms with Gasteiger partial charge in [0.05, 0.1) is 63.6 Å². The van der Waals surface area contributed by atoms with E-state index in [0.717, 1.165) is 23.5 Å².